The van der Waals surface area contributed by atoms with Crippen molar-refractivity contribution in [1.82, 2.24) is 0 Å². The monoisotopic (exact) mass is 860 g/mol. The summed E-state index contributed by atoms with van der Waals surface area (Å²) >= 11 is 0. The standard InChI is InChI=1S/C7H17O4P.2C6H15O4P.C4H10O.C3H9O3P.CH4O.3CH4.Na/c1-5-7(2)11-6-12(8,9-3)10-4;2*1-4-6(2)10-5-11(7,8)9-3;1-3-4(2)5;1-3-7(4,5)6-2;1-2;;;;/h7H,5-6H2,1-4H3;2*6H,4-5H2,1-3H3,(H,7,8);4-5H,3H2,1-2H3;3H2,1-2H3,(H,4,5);2H,1H3;3*1H4;/q;;;;;;;;;+1/p-1. The molecule has 0 saturated heterocycles. The molecule has 4 N–H and O–H groups in total. The van der Waals surface area contributed by atoms with Gasteiger partial charge in [0.25, 0.3) is 0 Å². The Hall–Kier alpha value is 1.40. The third-order valence-corrected chi connectivity index (χ3v) is 10.7. The van der Waals surface area contributed by atoms with Gasteiger partial charge in [-0.25, -0.2) is 0 Å². The summed E-state index contributed by atoms with van der Waals surface area (Å²) in [5, 5.41) is 15.4. The minimum absolute atomic E-state index is 0. The molecule has 17 nitrogen and oxygen atoms in total. The first-order valence-corrected chi connectivity index (χ1v) is 22.3. The van der Waals surface area contributed by atoms with Gasteiger partial charge in [-0.3, -0.25) is 13.7 Å². The minimum atomic E-state index is -3.46. The first kappa shape index (κ1) is 77.8. The van der Waals surface area contributed by atoms with Gasteiger partial charge in [-0.1, -0.05) is 56.9 Å². The molecule has 0 bridgehead atoms. The molecule has 0 aliphatic rings. The summed E-state index contributed by atoms with van der Waals surface area (Å²) in [7, 11) is -6.04. The van der Waals surface area contributed by atoms with Crippen LogP contribution in [0, 0.1) is 0 Å². The second-order valence-corrected chi connectivity index (χ2v) is 17.8. The Morgan fingerprint density at radius 1 is 0.538 bits per heavy atom. The van der Waals surface area contributed by atoms with Crippen molar-refractivity contribution in [3.63, 3.8) is 0 Å². The van der Waals surface area contributed by atoms with Gasteiger partial charge in [0.15, 0.2) is 0 Å². The molecule has 0 aromatic heterocycles. The van der Waals surface area contributed by atoms with Crippen molar-refractivity contribution in [3.05, 3.63) is 0 Å². The Kier molecular flexibility index (Phi) is 72.7. The number of aliphatic hydroxyl groups is 2. The number of rotatable bonds is 19. The first-order valence-electron chi connectivity index (χ1n) is 15.3. The van der Waals surface area contributed by atoms with Gasteiger partial charge in [-0.2, -0.15) is 0 Å². The van der Waals surface area contributed by atoms with E-state index in [4.69, 9.17) is 43.3 Å². The predicted octanol–water partition coefficient (Wildman–Crippen LogP) is 4.93. The van der Waals surface area contributed by atoms with Crippen LogP contribution in [0.4, 0.5) is 0 Å². The summed E-state index contributed by atoms with van der Waals surface area (Å²) in [6.45, 7) is 16.7. The van der Waals surface area contributed by atoms with Gasteiger partial charge in [0, 0.05) is 48.8 Å². The van der Waals surface area contributed by atoms with Gasteiger partial charge in [0.1, 0.15) is 26.6 Å². The van der Waals surface area contributed by atoms with E-state index in [-0.39, 0.29) is 101 Å². The molecule has 52 heavy (non-hydrogen) atoms. The zero-order chi connectivity index (χ0) is 39.6. The van der Waals surface area contributed by atoms with Gasteiger partial charge < -0.3 is 66.3 Å². The SMILES string of the molecule is C.C.C.CCC(C)O.CCC(C)OCP(=O)(O)OC.CCC(C)OCP(=O)(O)OC.CCC(C)OCP(=O)(OC)OC.CCP(=O)([O-])OC.CO.[Na+]. The molecule has 0 fully saturated rings. The molecule has 22 heteroatoms. The molecule has 7 unspecified atom stereocenters. The summed E-state index contributed by atoms with van der Waals surface area (Å²) < 4.78 is 80.5. The van der Waals surface area contributed by atoms with Crippen molar-refractivity contribution in [3.8, 4) is 0 Å². The second kappa shape index (κ2) is 48.5. The van der Waals surface area contributed by atoms with Crippen molar-refractivity contribution < 1.29 is 110 Å². The van der Waals surface area contributed by atoms with E-state index in [0.29, 0.717) is 0 Å². The fourth-order valence-corrected chi connectivity index (χ4v) is 3.58. The van der Waals surface area contributed by atoms with Crippen LogP contribution in [0.15, 0.2) is 0 Å². The Bertz CT molecular complexity index is 824. The zero-order valence-electron chi connectivity index (χ0n) is 32.9. The van der Waals surface area contributed by atoms with E-state index in [2.05, 4.69) is 13.6 Å². The number of aliphatic hydroxyl groups excluding tert-OH is 2. The summed E-state index contributed by atoms with van der Waals surface area (Å²) in [6, 6.07) is 0. The number of hydrogen-bond donors (Lipinski definition) is 4. The van der Waals surface area contributed by atoms with Crippen LogP contribution in [0.5, 0.6) is 0 Å². The molecule has 0 rings (SSSR count). The van der Waals surface area contributed by atoms with E-state index in [1.54, 1.807) is 6.92 Å². The fraction of sp³-hybridized carbons (Fsp3) is 1.00. The fourth-order valence-electron chi connectivity index (χ4n) is 1.43. The van der Waals surface area contributed by atoms with Crippen molar-refractivity contribution >= 4 is 30.4 Å². The van der Waals surface area contributed by atoms with E-state index < -0.39 is 30.4 Å². The smallest absolute Gasteiger partial charge is 0.779 e. The maximum atomic E-state index is 11.4. The van der Waals surface area contributed by atoms with Gasteiger partial charge in [0.2, 0.25) is 0 Å². The van der Waals surface area contributed by atoms with Gasteiger partial charge in [-0.15, -0.1) is 0 Å². The molecule has 0 amide bonds. The van der Waals surface area contributed by atoms with Gasteiger partial charge in [0.05, 0.1) is 24.4 Å². The molecule has 0 aromatic rings. The van der Waals surface area contributed by atoms with Crippen LogP contribution in [0.3, 0.4) is 0 Å². The molecule has 324 valence electrons. The molecule has 0 aliphatic heterocycles. The molecule has 7 atom stereocenters. The van der Waals surface area contributed by atoms with Crippen LogP contribution in [0.2, 0.25) is 0 Å². The van der Waals surface area contributed by atoms with E-state index in [1.807, 2.05) is 48.5 Å². The Morgan fingerprint density at radius 3 is 0.923 bits per heavy atom. The largest absolute Gasteiger partial charge is 1.00 e. The van der Waals surface area contributed by atoms with Crippen LogP contribution < -0.4 is 34.5 Å². The maximum Gasteiger partial charge on any atom is 1.00 e. The molecule has 0 saturated carbocycles. The first-order chi connectivity index (χ1) is 22.0. The average molecular weight is 861 g/mol. The van der Waals surface area contributed by atoms with Crippen LogP contribution in [-0.4, -0.2) is 112 Å². The van der Waals surface area contributed by atoms with Crippen molar-refractivity contribution in [2.24, 2.45) is 0 Å². The number of hydrogen-bond acceptors (Lipinski definition) is 15. The molecule has 0 heterocycles. The average Bonchev–Trinajstić information content (AvgIpc) is 3.10. The van der Waals surface area contributed by atoms with Crippen molar-refractivity contribution in [2.45, 2.75) is 135 Å². The second-order valence-electron chi connectivity index (χ2n) is 9.53. The third-order valence-electron chi connectivity index (χ3n) is 5.67. The Balaban J connectivity index is -0.0000000526. The molecule has 0 aliphatic carbocycles. The third kappa shape index (κ3) is 63.3. The van der Waals surface area contributed by atoms with Crippen LogP contribution >= 0.6 is 30.4 Å². The predicted molar refractivity (Wildman–Crippen MR) is 208 cm³/mol. The quantitative estimate of drug-likeness (QED) is 0.0993. The van der Waals surface area contributed by atoms with Crippen LogP contribution in [-0.2, 0) is 55.1 Å². The molecule has 0 radical (unpaired) electrons. The minimum Gasteiger partial charge on any atom is -0.779 e. The summed E-state index contributed by atoms with van der Waals surface area (Å²) in [5.41, 5.74) is 0. The molecular weight excluding hydrogens is 779 g/mol. The zero-order valence-corrected chi connectivity index (χ0v) is 38.4. The van der Waals surface area contributed by atoms with Crippen LogP contribution in [0.25, 0.3) is 0 Å². The van der Waals surface area contributed by atoms with E-state index in [0.717, 1.165) is 39.9 Å². The van der Waals surface area contributed by atoms with Crippen molar-refractivity contribution in [1.29, 1.82) is 0 Å². The Morgan fingerprint density at radius 2 is 0.788 bits per heavy atom. The van der Waals surface area contributed by atoms with E-state index in [1.165, 1.54) is 35.4 Å². The van der Waals surface area contributed by atoms with Crippen LogP contribution in [0.1, 0.15) is 110 Å². The summed E-state index contributed by atoms with van der Waals surface area (Å²) in [6.07, 6.45) is 3.02. The number of ether oxygens (including phenoxy) is 3. The Labute approximate surface area is 341 Å². The topological polar surface area (TPSA) is 246 Å². The summed E-state index contributed by atoms with van der Waals surface area (Å²) in [4.78, 5) is 27.9. The van der Waals surface area contributed by atoms with Gasteiger partial charge in [-0.05, 0) is 53.4 Å². The van der Waals surface area contributed by atoms with E-state index in [9.17, 15) is 23.2 Å². The molecule has 0 aromatic carbocycles. The maximum absolute atomic E-state index is 11.4. The molecular formula is C30H81NaO17P4. The van der Waals surface area contributed by atoms with E-state index >= 15 is 0 Å². The van der Waals surface area contributed by atoms with Crippen molar-refractivity contribution in [2.75, 3.05) is 67.9 Å². The summed E-state index contributed by atoms with van der Waals surface area (Å²) in [5.74, 6) is 0. The molecule has 0 spiro atoms. The van der Waals surface area contributed by atoms with Gasteiger partial charge >= 0.3 is 52.3 Å². The normalized spacial score (nSPS) is 15.6.